The monoisotopic (exact) mass is 758 g/mol. The highest BCUT2D eigenvalue weighted by Crippen LogP contribution is 2.46. The Balaban J connectivity index is 1.34. The van der Waals surface area contributed by atoms with Crippen LogP contribution in [0, 0.1) is 0 Å². The molecule has 3 fully saturated rings. The lowest BCUT2D eigenvalue weighted by molar-refractivity contribution is -0.368. The van der Waals surface area contributed by atoms with Crippen molar-refractivity contribution in [2.24, 2.45) is 0 Å². The van der Waals surface area contributed by atoms with Crippen LogP contribution in [0.3, 0.4) is 0 Å². The first-order valence-electron chi connectivity index (χ1n) is 16.5. The van der Waals surface area contributed by atoms with Crippen LogP contribution in [-0.4, -0.2) is 172 Å². The molecule has 2 aromatic rings. The molecule has 0 saturated carbocycles. The molecular formula is C33H42O20. The molecule has 4 heterocycles. The summed E-state index contributed by atoms with van der Waals surface area (Å²) in [7, 11) is 0. The normalized spacial score (nSPS) is 40.2. The highest BCUT2D eigenvalue weighted by Gasteiger charge is 2.53. The van der Waals surface area contributed by atoms with Gasteiger partial charge in [-0.3, -0.25) is 0 Å². The highest BCUT2D eigenvalue weighted by atomic mass is 16.8. The Morgan fingerprint density at radius 3 is 2.00 bits per heavy atom. The Bertz CT molecular complexity index is 1620. The zero-order chi connectivity index (χ0) is 38.5. The summed E-state index contributed by atoms with van der Waals surface area (Å²) >= 11 is 0. The molecule has 16 atom stereocenters. The van der Waals surface area contributed by atoms with Crippen molar-refractivity contribution in [3.05, 3.63) is 47.2 Å². The second-order valence-corrected chi connectivity index (χ2v) is 13.1. The summed E-state index contributed by atoms with van der Waals surface area (Å²) in [5.74, 6) is -2.10. The fraction of sp³-hybridized carbons (Fsp3) is 0.576. The summed E-state index contributed by atoms with van der Waals surface area (Å²) in [6.45, 7) is -0.0478. The van der Waals surface area contributed by atoms with Crippen LogP contribution in [0.4, 0.5) is 0 Å². The standard InChI is InChI=1S/C33H42O20/c1-10-21(39)24(42)27(45)31(48-10)47-9-20-23(41)26(44)30(53-32-28(46)25(43)22(40)19(8-34)51-32)33(52-20)50-18-7-13-15(37)5-12(35)6-17(13)49-29(18)11-2-3-14(36)16(38)4-11/h2-7,10,19-46H,8-9H2,1H3. The number of ether oxygens (including phenoxy) is 7. The molecule has 0 aliphatic carbocycles. The number of aliphatic hydroxyl groups excluding tert-OH is 9. The van der Waals surface area contributed by atoms with Gasteiger partial charge in [-0.1, -0.05) is 6.07 Å². The molecule has 0 aromatic heterocycles. The number of hydrogen-bond acceptors (Lipinski definition) is 20. The minimum absolute atomic E-state index is 0.00183. The summed E-state index contributed by atoms with van der Waals surface area (Å²) in [6.07, 6.45) is -25.4. The van der Waals surface area contributed by atoms with Crippen molar-refractivity contribution < 1.29 is 99.5 Å². The second kappa shape index (κ2) is 15.6. The number of aliphatic hydroxyl groups is 9. The van der Waals surface area contributed by atoms with Gasteiger partial charge >= 0.3 is 0 Å². The van der Waals surface area contributed by atoms with Gasteiger partial charge in [-0.05, 0) is 25.1 Å². The molecule has 0 radical (unpaired) electrons. The minimum Gasteiger partial charge on any atom is -0.508 e. The molecule has 0 spiro atoms. The molecule has 16 unspecified atom stereocenters. The Morgan fingerprint density at radius 1 is 0.642 bits per heavy atom. The number of benzene rings is 2. The lowest BCUT2D eigenvalue weighted by Crippen LogP contribution is -2.65. The molecule has 13 N–H and O–H groups in total. The highest BCUT2D eigenvalue weighted by molar-refractivity contribution is 5.69. The third-order valence-corrected chi connectivity index (χ3v) is 9.47. The fourth-order valence-electron chi connectivity index (χ4n) is 6.37. The van der Waals surface area contributed by atoms with E-state index in [2.05, 4.69) is 0 Å². The van der Waals surface area contributed by atoms with Crippen molar-refractivity contribution in [1.82, 2.24) is 0 Å². The molecule has 3 saturated heterocycles. The van der Waals surface area contributed by atoms with Crippen LogP contribution in [0.15, 0.2) is 36.1 Å². The Kier molecular flexibility index (Phi) is 11.5. The van der Waals surface area contributed by atoms with Crippen molar-refractivity contribution in [2.75, 3.05) is 13.2 Å². The van der Waals surface area contributed by atoms with E-state index in [1.165, 1.54) is 25.1 Å². The summed E-state index contributed by atoms with van der Waals surface area (Å²) in [5.41, 5.74) is 0.152. The van der Waals surface area contributed by atoms with Gasteiger partial charge in [0.15, 0.2) is 36.3 Å². The number of rotatable bonds is 9. The van der Waals surface area contributed by atoms with Crippen LogP contribution in [0.2, 0.25) is 0 Å². The van der Waals surface area contributed by atoms with E-state index in [4.69, 9.17) is 33.2 Å². The number of fused-ring (bicyclic) bond motifs is 1. The van der Waals surface area contributed by atoms with E-state index in [0.717, 1.165) is 18.2 Å². The van der Waals surface area contributed by atoms with Gasteiger partial charge in [0, 0.05) is 17.7 Å². The molecule has 20 nitrogen and oxygen atoms in total. The van der Waals surface area contributed by atoms with E-state index < -0.39 is 129 Å². The van der Waals surface area contributed by atoms with Gasteiger partial charge in [0.2, 0.25) is 6.29 Å². The van der Waals surface area contributed by atoms with E-state index in [1.54, 1.807) is 0 Å². The van der Waals surface area contributed by atoms with Gasteiger partial charge in [0.05, 0.1) is 24.9 Å². The summed E-state index contributed by atoms with van der Waals surface area (Å²) in [5, 5.41) is 135. The van der Waals surface area contributed by atoms with Crippen LogP contribution in [0.5, 0.6) is 28.7 Å². The summed E-state index contributed by atoms with van der Waals surface area (Å²) in [4.78, 5) is 0. The van der Waals surface area contributed by atoms with E-state index in [1.807, 2.05) is 0 Å². The average molecular weight is 759 g/mol. The van der Waals surface area contributed by atoms with Gasteiger partial charge < -0.3 is 99.5 Å². The second-order valence-electron chi connectivity index (χ2n) is 13.1. The molecule has 4 aliphatic heterocycles. The third kappa shape index (κ3) is 7.70. The maximum Gasteiger partial charge on any atom is 0.229 e. The number of aromatic hydroxyl groups is 4. The van der Waals surface area contributed by atoms with Crippen molar-refractivity contribution in [1.29, 1.82) is 0 Å². The summed E-state index contributed by atoms with van der Waals surface area (Å²) < 4.78 is 40.5. The lowest BCUT2D eigenvalue weighted by Gasteiger charge is -2.47. The van der Waals surface area contributed by atoms with E-state index >= 15 is 0 Å². The Morgan fingerprint density at radius 2 is 1.30 bits per heavy atom. The first kappa shape index (κ1) is 39.1. The maximum atomic E-state index is 11.4. The zero-order valence-corrected chi connectivity index (χ0v) is 27.8. The smallest absolute Gasteiger partial charge is 0.229 e. The quantitative estimate of drug-likeness (QED) is 0.110. The Hall–Kier alpha value is -3.58. The SMILES string of the molecule is CC1OC(OCC2OC(OC3=Cc4c(O)cc(O)cc4OC3c3ccc(O)c(O)c3)C(OC3OC(CO)C(O)C(O)C3O)C(O)C2O)C(O)C(O)C1O. The molecule has 53 heavy (non-hydrogen) atoms. The average Bonchev–Trinajstić information content (AvgIpc) is 3.12. The molecule has 4 aliphatic rings. The summed E-state index contributed by atoms with van der Waals surface area (Å²) in [6, 6.07) is 5.83. The molecule has 20 heteroatoms. The van der Waals surface area contributed by atoms with Crippen molar-refractivity contribution in [2.45, 2.75) is 105 Å². The zero-order valence-electron chi connectivity index (χ0n) is 27.8. The predicted molar refractivity (Wildman–Crippen MR) is 170 cm³/mol. The molecule has 0 bridgehead atoms. The van der Waals surface area contributed by atoms with Crippen LogP contribution in [-0.2, 0) is 28.4 Å². The van der Waals surface area contributed by atoms with Crippen LogP contribution < -0.4 is 4.74 Å². The van der Waals surface area contributed by atoms with Crippen LogP contribution in [0.1, 0.15) is 24.2 Å². The number of hydrogen-bond donors (Lipinski definition) is 13. The first-order valence-corrected chi connectivity index (χ1v) is 16.5. The maximum absolute atomic E-state index is 11.4. The van der Waals surface area contributed by atoms with E-state index in [-0.39, 0.29) is 28.4 Å². The van der Waals surface area contributed by atoms with E-state index in [0.29, 0.717) is 0 Å². The number of phenolic OH excluding ortho intramolecular Hbond substituents is 4. The van der Waals surface area contributed by atoms with Crippen molar-refractivity contribution in [3.63, 3.8) is 0 Å². The van der Waals surface area contributed by atoms with Crippen molar-refractivity contribution in [3.8, 4) is 28.7 Å². The van der Waals surface area contributed by atoms with Crippen LogP contribution >= 0.6 is 0 Å². The largest absolute Gasteiger partial charge is 0.508 e. The van der Waals surface area contributed by atoms with Gasteiger partial charge in [0.25, 0.3) is 0 Å². The van der Waals surface area contributed by atoms with Crippen molar-refractivity contribution >= 4 is 6.08 Å². The molecular weight excluding hydrogens is 716 g/mol. The molecule has 6 rings (SSSR count). The Labute approximate surface area is 300 Å². The lowest BCUT2D eigenvalue weighted by atomic mass is 9.96. The molecule has 294 valence electrons. The van der Waals surface area contributed by atoms with Gasteiger partial charge in [-0.15, -0.1) is 0 Å². The van der Waals surface area contributed by atoms with Crippen LogP contribution in [0.25, 0.3) is 6.08 Å². The van der Waals surface area contributed by atoms with Gasteiger partial charge in [0.1, 0.15) is 84.0 Å². The number of phenols is 4. The van der Waals surface area contributed by atoms with Gasteiger partial charge in [-0.25, -0.2) is 0 Å². The van der Waals surface area contributed by atoms with E-state index in [9.17, 15) is 66.4 Å². The van der Waals surface area contributed by atoms with Gasteiger partial charge in [-0.2, -0.15) is 0 Å². The molecule has 2 aromatic carbocycles. The fourth-order valence-corrected chi connectivity index (χ4v) is 6.37. The predicted octanol–water partition coefficient (Wildman–Crippen LogP) is -3.52. The topological polar surface area (TPSA) is 328 Å². The third-order valence-electron chi connectivity index (χ3n) is 9.47. The minimum atomic E-state index is -1.99. The molecule has 0 amide bonds. The first-order chi connectivity index (χ1) is 25.1.